The van der Waals surface area contributed by atoms with E-state index in [0.717, 1.165) is 33.6 Å². The normalized spacial score (nSPS) is 12.5. The fourth-order valence-electron chi connectivity index (χ4n) is 2.72. The summed E-state index contributed by atoms with van der Waals surface area (Å²) in [6.07, 6.45) is -4.69. The summed E-state index contributed by atoms with van der Waals surface area (Å²) in [7, 11) is -3.13. The number of aromatic nitrogens is 2. The Bertz CT molecular complexity index is 1110. The highest BCUT2D eigenvalue weighted by Gasteiger charge is 2.38. The van der Waals surface area contributed by atoms with E-state index in [1.807, 2.05) is 25.1 Å². The van der Waals surface area contributed by atoms with Gasteiger partial charge < -0.3 is 4.52 Å². The lowest BCUT2D eigenvalue weighted by molar-refractivity contribution is -0.139. The molecule has 0 saturated carbocycles. The van der Waals surface area contributed by atoms with Crippen LogP contribution < -0.4 is 0 Å². The maximum atomic E-state index is 13.2. The maximum Gasteiger partial charge on any atom is 0.417 e. The Morgan fingerprint density at radius 2 is 1.83 bits per heavy atom. The zero-order chi connectivity index (χ0) is 21.2. The van der Waals surface area contributed by atoms with Gasteiger partial charge in [0.2, 0.25) is 10.0 Å². The fourth-order valence-corrected chi connectivity index (χ4v) is 4.10. The highest BCUT2D eigenvalue weighted by molar-refractivity contribution is 7.89. The zero-order valence-corrected chi connectivity index (χ0v) is 16.5. The molecule has 154 valence electrons. The first-order valence-electron chi connectivity index (χ1n) is 8.61. The molecule has 0 aliphatic carbocycles. The summed E-state index contributed by atoms with van der Waals surface area (Å²) in [4.78, 5) is 3.44. The summed E-state index contributed by atoms with van der Waals surface area (Å²) in [5.41, 5.74) is 0.536. The lowest BCUT2D eigenvalue weighted by Gasteiger charge is -2.19. The number of likely N-dealkylation sites (N-methyl/N-ethyl adjacent to an activating group) is 1. The van der Waals surface area contributed by atoms with E-state index in [1.165, 1.54) is 13.1 Å². The van der Waals surface area contributed by atoms with Crippen LogP contribution in [-0.2, 0) is 22.6 Å². The summed E-state index contributed by atoms with van der Waals surface area (Å²) >= 11 is 0. The van der Waals surface area contributed by atoms with Crippen LogP contribution in [0.15, 0.2) is 57.9 Å². The Labute approximate surface area is 166 Å². The zero-order valence-electron chi connectivity index (χ0n) is 15.6. The van der Waals surface area contributed by atoms with Crippen molar-refractivity contribution in [3.8, 4) is 11.5 Å². The van der Waals surface area contributed by atoms with E-state index in [9.17, 15) is 21.6 Å². The van der Waals surface area contributed by atoms with Crippen molar-refractivity contribution in [2.24, 2.45) is 0 Å². The van der Waals surface area contributed by atoms with Crippen LogP contribution in [0.1, 0.15) is 17.0 Å². The number of hydrogen-bond donors (Lipinski definition) is 0. The molecule has 0 saturated heterocycles. The summed E-state index contributed by atoms with van der Waals surface area (Å²) < 4.78 is 70.8. The van der Waals surface area contributed by atoms with Crippen LogP contribution in [0.4, 0.5) is 13.2 Å². The molecule has 0 radical (unpaired) electrons. The van der Waals surface area contributed by atoms with E-state index in [0.29, 0.717) is 0 Å². The van der Waals surface area contributed by atoms with Gasteiger partial charge in [-0.25, -0.2) is 12.7 Å². The van der Waals surface area contributed by atoms with E-state index < -0.39 is 26.7 Å². The van der Waals surface area contributed by atoms with Gasteiger partial charge in [0.15, 0.2) is 5.82 Å². The second kappa shape index (κ2) is 7.96. The predicted octanol–water partition coefficient (Wildman–Crippen LogP) is 3.93. The van der Waals surface area contributed by atoms with Gasteiger partial charge in [0, 0.05) is 25.6 Å². The van der Waals surface area contributed by atoms with Crippen LogP contribution in [0.3, 0.4) is 0 Å². The van der Waals surface area contributed by atoms with Gasteiger partial charge in [-0.1, -0.05) is 35.0 Å². The van der Waals surface area contributed by atoms with Crippen molar-refractivity contribution in [2.45, 2.75) is 24.4 Å². The molecular weight excluding hydrogens is 407 g/mol. The molecule has 0 aliphatic rings. The number of benzene rings is 2. The molecule has 0 unspecified atom stereocenters. The first-order valence-corrected chi connectivity index (χ1v) is 10.1. The highest BCUT2D eigenvalue weighted by atomic mass is 32.2. The summed E-state index contributed by atoms with van der Waals surface area (Å²) in [6, 6.07) is 11.5. The SMILES string of the molecule is Cc1cccc(-c2nc(CCN(C)S(=O)(=O)c3ccccc3C(F)(F)F)no2)c1. The van der Waals surface area contributed by atoms with Crippen molar-refractivity contribution in [3.05, 3.63) is 65.5 Å². The third-order valence-corrected chi connectivity index (χ3v) is 6.18. The molecule has 0 atom stereocenters. The molecule has 3 aromatic rings. The van der Waals surface area contributed by atoms with Crippen molar-refractivity contribution in [2.75, 3.05) is 13.6 Å². The van der Waals surface area contributed by atoms with Gasteiger partial charge in [0.25, 0.3) is 5.89 Å². The van der Waals surface area contributed by atoms with E-state index in [2.05, 4.69) is 10.1 Å². The molecule has 3 rings (SSSR count). The monoisotopic (exact) mass is 425 g/mol. The van der Waals surface area contributed by atoms with E-state index in [4.69, 9.17) is 4.52 Å². The van der Waals surface area contributed by atoms with Crippen LogP contribution in [0.25, 0.3) is 11.5 Å². The predicted molar refractivity (Wildman–Crippen MR) is 99.4 cm³/mol. The number of alkyl halides is 3. The molecule has 0 N–H and O–H groups in total. The molecular formula is C19H18F3N3O3S. The number of halogens is 3. The standard InChI is InChI=1S/C19H18F3N3O3S/c1-13-6-5-7-14(12-13)18-23-17(24-28-18)10-11-25(2)29(26,27)16-9-4-3-8-15(16)19(20,21)22/h3-9,12H,10-11H2,1-2H3. The molecule has 6 nitrogen and oxygen atoms in total. The minimum Gasteiger partial charge on any atom is -0.334 e. The molecule has 10 heteroatoms. The fraction of sp³-hybridized carbons (Fsp3) is 0.263. The second-order valence-corrected chi connectivity index (χ2v) is 8.47. The number of aryl methyl sites for hydroxylation is 1. The molecule has 1 aromatic heterocycles. The van der Waals surface area contributed by atoms with Gasteiger partial charge >= 0.3 is 6.18 Å². The van der Waals surface area contributed by atoms with E-state index in [-0.39, 0.29) is 24.7 Å². The summed E-state index contributed by atoms with van der Waals surface area (Å²) in [6.45, 7) is 1.81. The van der Waals surface area contributed by atoms with Gasteiger partial charge in [-0.2, -0.15) is 18.2 Å². The van der Waals surface area contributed by atoms with Gasteiger partial charge in [0.1, 0.15) is 0 Å². The average molecular weight is 425 g/mol. The Morgan fingerprint density at radius 3 is 2.52 bits per heavy atom. The van der Waals surface area contributed by atoms with Crippen LogP contribution in [0.2, 0.25) is 0 Å². The maximum absolute atomic E-state index is 13.2. The molecule has 0 fully saturated rings. The first kappa shape index (κ1) is 21.0. The molecule has 2 aromatic carbocycles. The number of nitrogens with zero attached hydrogens (tertiary/aromatic N) is 3. The summed E-state index contributed by atoms with van der Waals surface area (Å²) in [5.74, 6) is 0.546. The lowest BCUT2D eigenvalue weighted by Crippen LogP contribution is -2.31. The number of hydrogen-bond acceptors (Lipinski definition) is 5. The van der Waals surface area contributed by atoms with E-state index in [1.54, 1.807) is 6.07 Å². The molecule has 0 aliphatic heterocycles. The molecule has 0 amide bonds. The van der Waals surface area contributed by atoms with Crippen LogP contribution in [0, 0.1) is 6.92 Å². The van der Waals surface area contributed by atoms with Crippen molar-refractivity contribution >= 4 is 10.0 Å². The van der Waals surface area contributed by atoms with Gasteiger partial charge in [-0.15, -0.1) is 0 Å². The van der Waals surface area contributed by atoms with Crippen molar-refractivity contribution in [3.63, 3.8) is 0 Å². The Kier molecular flexibility index (Phi) is 5.76. The Balaban J connectivity index is 1.75. The number of rotatable bonds is 6. The molecule has 29 heavy (non-hydrogen) atoms. The van der Waals surface area contributed by atoms with Crippen LogP contribution in [0.5, 0.6) is 0 Å². The Morgan fingerprint density at radius 1 is 1.10 bits per heavy atom. The van der Waals surface area contributed by atoms with Crippen LogP contribution in [-0.4, -0.2) is 36.5 Å². The third kappa shape index (κ3) is 4.65. The minimum absolute atomic E-state index is 0.0826. The lowest BCUT2D eigenvalue weighted by atomic mass is 10.1. The van der Waals surface area contributed by atoms with Crippen molar-refractivity contribution in [1.82, 2.24) is 14.4 Å². The molecule has 0 spiro atoms. The van der Waals surface area contributed by atoms with Crippen molar-refractivity contribution < 1.29 is 26.1 Å². The minimum atomic E-state index is -4.78. The quantitative estimate of drug-likeness (QED) is 0.598. The Hall–Kier alpha value is -2.72. The highest BCUT2D eigenvalue weighted by Crippen LogP contribution is 2.34. The van der Waals surface area contributed by atoms with E-state index >= 15 is 0 Å². The van der Waals surface area contributed by atoms with Gasteiger partial charge in [-0.05, 0) is 31.2 Å². The first-order chi connectivity index (χ1) is 13.6. The topological polar surface area (TPSA) is 76.3 Å². The van der Waals surface area contributed by atoms with Gasteiger partial charge in [-0.3, -0.25) is 0 Å². The molecule has 0 bridgehead atoms. The second-order valence-electron chi connectivity index (χ2n) is 6.46. The van der Waals surface area contributed by atoms with Crippen LogP contribution >= 0.6 is 0 Å². The van der Waals surface area contributed by atoms with Crippen molar-refractivity contribution in [1.29, 1.82) is 0 Å². The summed E-state index contributed by atoms with van der Waals surface area (Å²) in [5, 5.41) is 3.82. The third-order valence-electron chi connectivity index (χ3n) is 4.26. The average Bonchev–Trinajstić information content (AvgIpc) is 3.14. The molecule has 1 heterocycles. The largest absolute Gasteiger partial charge is 0.417 e. The number of sulfonamides is 1. The smallest absolute Gasteiger partial charge is 0.334 e. The van der Waals surface area contributed by atoms with Gasteiger partial charge in [0.05, 0.1) is 10.5 Å².